The summed E-state index contributed by atoms with van der Waals surface area (Å²) in [6.45, 7) is 3.28. The second kappa shape index (κ2) is 9.18. The smallest absolute Gasteiger partial charge is 0.267 e. The van der Waals surface area contributed by atoms with Gasteiger partial charge in [0.2, 0.25) is 0 Å². The number of amides is 1. The van der Waals surface area contributed by atoms with Crippen molar-refractivity contribution in [3.8, 4) is 0 Å². The Morgan fingerprint density at radius 1 is 1.10 bits per heavy atom. The van der Waals surface area contributed by atoms with Crippen molar-refractivity contribution in [1.82, 2.24) is 14.8 Å². The molecule has 2 fully saturated rings. The van der Waals surface area contributed by atoms with E-state index in [4.69, 9.17) is 4.74 Å². The van der Waals surface area contributed by atoms with Gasteiger partial charge in [0.1, 0.15) is 17.9 Å². The fraction of sp³-hybridized carbons (Fsp3) is 0.500. The topological polar surface area (TPSA) is 90.2 Å². The number of piperazine rings is 1. The molecule has 30 heavy (non-hydrogen) atoms. The molecule has 0 bridgehead atoms. The number of hydrogen-bond acceptors (Lipinski definition) is 6. The van der Waals surface area contributed by atoms with Gasteiger partial charge in [-0.15, -0.1) is 0 Å². The van der Waals surface area contributed by atoms with Gasteiger partial charge in [0, 0.05) is 51.7 Å². The Hall–Kier alpha value is -2.39. The van der Waals surface area contributed by atoms with Gasteiger partial charge in [-0.1, -0.05) is 18.2 Å². The normalized spacial score (nSPS) is 27.4. The van der Waals surface area contributed by atoms with E-state index in [1.165, 1.54) is 5.69 Å². The zero-order valence-corrected chi connectivity index (χ0v) is 17.2. The van der Waals surface area contributed by atoms with E-state index in [2.05, 4.69) is 27.2 Å². The van der Waals surface area contributed by atoms with Gasteiger partial charge in [0.25, 0.3) is 5.91 Å². The average molecular weight is 415 g/mol. The largest absolute Gasteiger partial charge is 0.394 e. The minimum Gasteiger partial charge on any atom is -0.394 e. The van der Waals surface area contributed by atoms with E-state index < -0.39 is 12.2 Å². The van der Waals surface area contributed by atoms with E-state index in [0.29, 0.717) is 5.69 Å². The molecule has 1 amide bonds. The van der Waals surface area contributed by atoms with Gasteiger partial charge < -0.3 is 29.7 Å². The van der Waals surface area contributed by atoms with Crippen LogP contribution in [0.2, 0.25) is 0 Å². The van der Waals surface area contributed by atoms with Gasteiger partial charge in [-0.05, 0) is 24.3 Å². The monoisotopic (exact) mass is 414 g/mol. The lowest BCUT2D eigenvalue weighted by Gasteiger charge is -2.41. The predicted octanol–water partition coefficient (Wildman–Crippen LogP) is 0.0663. The lowest BCUT2D eigenvalue weighted by atomic mass is 10.0. The van der Waals surface area contributed by atoms with Crippen LogP contribution in [-0.2, 0) is 11.8 Å². The highest BCUT2D eigenvalue weighted by Gasteiger charge is 2.46. The highest BCUT2D eigenvalue weighted by Crippen LogP contribution is 2.27. The van der Waals surface area contributed by atoms with Crippen LogP contribution in [0.4, 0.5) is 5.69 Å². The first-order valence-corrected chi connectivity index (χ1v) is 10.5. The van der Waals surface area contributed by atoms with E-state index in [1.54, 1.807) is 10.6 Å². The summed E-state index contributed by atoms with van der Waals surface area (Å²) in [5, 5.41) is 23.3. The number of nitrogens with zero attached hydrogens (tertiary/aromatic N) is 3. The van der Waals surface area contributed by atoms with Crippen LogP contribution < -0.4 is 10.2 Å². The Morgan fingerprint density at radius 2 is 1.83 bits per heavy atom. The van der Waals surface area contributed by atoms with Gasteiger partial charge in [-0.25, -0.2) is 0 Å². The Labute approximate surface area is 176 Å². The summed E-state index contributed by atoms with van der Waals surface area (Å²) in [4.78, 5) is 17.0. The van der Waals surface area contributed by atoms with Gasteiger partial charge in [-0.2, -0.15) is 0 Å². The third-order valence-corrected chi connectivity index (χ3v) is 6.14. The van der Waals surface area contributed by atoms with E-state index in [1.807, 2.05) is 37.5 Å². The molecular weight excluding hydrogens is 384 g/mol. The van der Waals surface area contributed by atoms with Crippen molar-refractivity contribution in [3.05, 3.63) is 54.4 Å². The third-order valence-electron chi connectivity index (χ3n) is 6.14. The first-order chi connectivity index (χ1) is 14.6. The van der Waals surface area contributed by atoms with Gasteiger partial charge in [0.05, 0.1) is 18.8 Å². The molecular formula is C22H30N4O4. The molecule has 0 aliphatic carbocycles. The minimum atomic E-state index is -0.796. The van der Waals surface area contributed by atoms with Gasteiger partial charge >= 0.3 is 0 Å². The van der Waals surface area contributed by atoms with Crippen molar-refractivity contribution in [1.29, 1.82) is 0 Å². The van der Waals surface area contributed by atoms with Crippen molar-refractivity contribution in [2.75, 3.05) is 44.2 Å². The standard InChI is InChI=1S/C22H30N4O4/c1-24-9-5-8-17(24)22(29)23-14-18-20(21(28)19(15-27)30-18)26-12-10-25(11-13-26)16-6-3-2-4-7-16/h2-9,18-21,27-28H,10-15H2,1H3,(H,23,29)/t18-,19-,20+,21+/m0/s1. The van der Waals surface area contributed by atoms with E-state index in [0.717, 1.165) is 26.2 Å². The molecule has 0 saturated carbocycles. The number of ether oxygens (including phenoxy) is 1. The first-order valence-electron chi connectivity index (χ1n) is 10.5. The van der Waals surface area contributed by atoms with E-state index in [9.17, 15) is 15.0 Å². The second-order valence-electron chi connectivity index (χ2n) is 7.95. The number of carbonyl (C=O) groups is 1. The molecule has 2 aliphatic rings. The number of nitrogens with one attached hydrogen (secondary N) is 1. The fourth-order valence-electron chi connectivity index (χ4n) is 4.49. The first kappa shape index (κ1) is 20.9. The summed E-state index contributed by atoms with van der Waals surface area (Å²) >= 11 is 0. The maximum atomic E-state index is 12.5. The van der Waals surface area contributed by atoms with Crippen molar-refractivity contribution < 1.29 is 19.7 Å². The number of rotatable bonds is 6. The number of hydrogen-bond donors (Lipinski definition) is 3. The molecule has 2 aromatic rings. The Morgan fingerprint density at radius 3 is 2.47 bits per heavy atom. The van der Waals surface area contributed by atoms with Crippen molar-refractivity contribution in [2.24, 2.45) is 7.05 Å². The molecule has 0 unspecified atom stereocenters. The summed E-state index contributed by atoms with van der Waals surface area (Å²) in [7, 11) is 1.82. The molecule has 0 radical (unpaired) electrons. The highest BCUT2D eigenvalue weighted by molar-refractivity contribution is 5.92. The maximum absolute atomic E-state index is 12.5. The zero-order valence-electron chi connectivity index (χ0n) is 17.2. The molecule has 8 nitrogen and oxygen atoms in total. The number of aromatic nitrogens is 1. The van der Waals surface area contributed by atoms with Gasteiger partial charge in [-0.3, -0.25) is 9.69 Å². The van der Waals surface area contributed by atoms with Crippen LogP contribution in [-0.4, -0.2) is 89.3 Å². The Kier molecular flexibility index (Phi) is 6.38. The quantitative estimate of drug-likeness (QED) is 0.620. The zero-order chi connectivity index (χ0) is 21.1. The number of aliphatic hydroxyl groups is 2. The van der Waals surface area contributed by atoms with Crippen LogP contribution in [0.3, 0.4) is 0 Å². The SMILES string of the molecule is Cn1cccc1C(=O)NC[C@@H]1O[C@@H](CO)[C@@H](O)[C@@H]1N1CCN(c2ccccc2)CC1. The number of benzene rings is 1. The number of para-hydroxylation sites is 1. The van der Waals surface area contributed by atoms with Crippen molar-refractivity contribution >= 4 is 11.6 Å². The summed E-state index contributed by atoms with van der Waals surface area (Å²) in [6, 6.07) is 13.6. The van der Waals surface area contributed by atoms with Gasteiger partial charge in [0.15, 0.2) is 0 Å². The van der Waals surface area contributed by atoms with E-state index >= 15 is 0 Å². The van der Waals surface area contributed by atoms with Crippen LogP contribution in [0.25, 0.3) is 0 Å². The number of anilines is 1. The molecule has 8 heteroatoms. The van der Waals surface area contributed by atoms with Crippen LogP contribution in [0.1, 0.15) is 10.5 Å². The number of aliphatic hydroxyl groups excluding tert-OH is 2. The minimum absolute atomic E-state index is 0.180. The summed E-state index contributed by atoms with van der Waals surface area (Å²) in [5.41, 5.74) is 1.76. The Bertz CT molecular complexity index is 835. The molecule has 1 aromatic heterocycles. The number of aryl methyl sites for hydroxylation is 1. The molecule has 3 N–H and O–H groups in total. The second-order valence-corrected chi connectivity index (χ2v) is 7.95. The molecule has 1 aromatic carbocycles. The lowest BCUT2D eigenvalue weighted by Crippen LogP contribution is -2.57. The lowest BCUT2D eigenvalue weighted by molar-refractivity contribution is -0.0209. The van der Waals surface area contributed by atoms with Crippen molar-refractivity contribution in [3.63, 3.8) is 0 Å². The van der Waals surface area contributed by atoms with Crippen LogP contribution in [0, 0.1) is 0 Å². The maximum Gasteiger partial charge on any atom is 0.267 e. The van der Waals surface area contributed by atoms with Crippen LogP contribution in [0.5, 0.6) is 0 Å². The summed E-state index contributed by atoms with van der Waals surface area (Å²) < 4.78 is 7.68. The van der Waals surface area contributed by atoms with Crippen LogP contribution in [0.15, 0.2) is 48.7 Å². The molecule has 4 atom stereocenters. The molecule has 2 saturated heterocycles. The summed E-state index contributed by atoms with van der Waals surface area (Å²) in [5.74, 6) is -0.180. The molecule has 162 valence electrons. The molecule has 4 rings (SSSR count). The molecule has 3 heterocycles. The predicted molar refractivity (Wildman–Crippen MR) is 114 cm³/mol. The summed E-state index contributed by atoms with van der Waals surface area (Å²) in [6.07, 6.45) is 0.000566. The Balaban J connectivity index is 1.39. The molecule has 2 aliphatic heterocycles. The third kappa shape index (κ3) is 4.22. The molecule has 0 spiro atoms. The fourth-order valence-corrected chi connectivity index (χ4v) is 4.49. The number of carbonyl (C=O) groups excluding carboxylic acids is 1. The van der Waals surface area contributed by atoms with E-state index in [-0.39, 0.29) is 31.2 Å². The average Bonchev–Trinajstić information content (AvgIpc) is 3.35. The van der Waals surface area contributed by atoms with Crippen LogP contribution >= 0.6 is 0 Å². The van der Waals surface area contributed by atoms with Crippen molar-refractivity contribution in [2.45, 2.75) is 24.4 Å². The highest BCUT2D eigenvalue weighted by atomic mass is 16.5.